The minimum atomic E-state index is -0.278. The van der Waals surface area contributed by atoms with Crippen LogP contribution in [0.15, 0.2) is 12.1 Å². The number of ether oxygens (including phenoxy) is 3. The van der Waals surface area contributed by atoms with Gasteiger partial charge in [0.2, 0.25) is 0 Å². The minimum Gasteiger partial charge on any atom is -0.490 e. The first-order valence-corrected chi connectivity index (χ1v) is 7.22. The Kier molecular flexibility index (Phi) is 7.88. The first-order chi connectivity index (χ1) is 9.08. The van der Waals surface area contributed by atoms with E-state index in [-0.39, 0.29) is 6.29 Å². The maximum atomic E-state index is 6.02. The van der Waals surface area contributed by atoms with Crippen molar-refractivity contribution in [1.29, 1.82) is 0 Å². The van der Waals surface area contributed by atoms with E-state index in [2.05, 4.69) is 0 Å². The largest absolute Gasteiger partial charge is 0.490 e. The summed E-state index contributed by atoms with van der Waals surface area (Å²) in [6.07, 6.45) is 0.316. The molecule has 0 radical (unpaired) electrons. The smallest absolute Gasteiger partial charge is 0.160 e. The lowest BCUT2D eigenvalue weighted by Gasteiger charge is -2.17. The molecule has 0 aliphatic heterocycles. The average molecular weight is 328 g/mol. The lowest BCUT2D eigenvalue weighted by atomic mass is 10.3. The molecule has 0 aliphatic rings. The SMILES string of the molecule is CCOC(CCOc1c(Cl)cc(Cl)cc1Cl)OCC. The molecule has 0 unspecified atom stereocenters. The maximum Gasteiger partial charge on any atom is 0.160 e. The average Bonchev–Trinajstić information content (AvgIpc) is 2.32. The molecule has 6 heteroatoms. The van der Waals surface area contributed by atoms with Crippen LogP contribution in [0.2, 0.25) is 15.1 Å². The Morgan fingerprint density at radius 3 is 2.00 bits per heavy atom. The van der Waals surface area contributed by atoms with Crippen molar-refractivity contribution in [2.75, 3.05) is 19.8 Å². The molecule has 0 spiro atoms. The predicted octanol–water partition coefficient (Wildman–Crippen LogP) is 4.81. The molecule has 0 bridgehead atoms. The molecule has 1 rings (SSSR count). The van der Waals surface area contributed by atoms with Gasteiger partial charge < -0.3 is 14.2 Å². The van der Waals surface area contributed by atoms with Crippen LogP contribution in [0.1, 0.15) is 20.3 Å². The molecule has 108 valence electrons. The van der Waals surface area contributed by atoms with E-state index in [0.717, 1.165) is 0 Å². The molecular formula is C13H17Cl3O3. The van der Waals surface area contributed by atoms with Crippen molar-refractivity contribution < 1.29 is 14.2 Å². The summed E-state index contributed by atoms with van der Waals surface area (Å²) in [4.78, 5) is 0. The fourth-order valence-corrected chi connectivity index (χ4v) is 2.44. The summed E-state index contributed by atoms with van der Waals surface area (Å²) in [5.41, 5.74) is 0. The van der Waals surface area contributed by atoms with Crippen molar-refractivity contribution in [3.05, 3.63) is 27.2 Å². The van der Waals surface area contributed by atoms with Crippen molar-refractivity contribution in [2.45, 2.75) is 26.6 Å². The molecule has 1 aromatic carbocycles. The fraction of sp³-hybridized carbons (Fsp3) is 0.538. The normalized spacial score (nSPS) is 11.1. The molecular weight excluding hydrogens is 310 g/mol. The van der Waals surface area contributed by atoms with Crippen LogP contribution in [0.25, 0.3) is 0 Å². The van der Waals surface area contributed by atoms with Crippen LogP contribution < -0.4 is 4.74 Å². The van der Waals surface area contributed by atoms with E-state index in [4.69, 9.17) is 49.0 Å². The van der Waals surface area contributed by atoms with Gasteiger partial charge in [0.15, 0.2) is 12.0 Å². The highest BCUT2D eigenvalue weighted by atomic mass is 35.5. The lowest BCUT2D eigenvalue weighted by Crippen LogP contribution is -2.20. The summed E-state index contributed by atoms with van der Waals surface area (Å²) in [7, 11) is 0. The van der Waals surface area contributed by atoms with E-state index in [0.29, 0.717) is 47.1 Å². The van der Waals surface area contributed by atoms with Gasteiger partial charge in [0.1, 0.15) is 0 Å². The van der Waals surface area contributed by atoms with Gasteiger partial charge in [-0.15, -0.1) is 0 Å². The molecule has 0 saturated heterocycles. The molecule has 0 atom stereocenters. The van der Waals surface area contributed by atoms with Crippen LogP contribution in [0, 0.1) is 0 Å². The van der Waals surface area contributed by atoms with E-state index >= 15 is 0 Å². The van der Waals surface area contributed by atoms with Gasteiger partial charge >= 0.3 is 0 Å². The lowest BCUT2D eigenvalue weighted by molar-refractivity contribution is -0.142. The molecule has 0 fully saturated rings. The zero-order valence-electron chi connectivity index (χ0n) is 10.9. The molecule has 0 aromatic heterocycles. The predicted molar refractivity (Wildman–Crippen MR) is 78.6 cm³/mol. The van der Waals surface area contributed by atoms with Crippen LogP contribution in [-0.4, -0.2) is 26.1 Å². The van der Waals surface area contributed by atoms with Gasteiger partial charge in [-0.1, -0.05) is 34.8 Å². The zero-order valence-corrected chi connectivity index (χ0v) is 13.2. The second-order valence-electron chi connectivity index (χ2n) is 3.68. The molecule has 0 N–H and O–H groups in total. The van der Waals surface area contributed by atoms with Crippen LogP contribution in [0.5, 0.6) is 5.75 Å². The first-order valence-electron chi connectivity index (χ1n) is 6.09. The monoisotopic (exact) mass is 326 g/mol. The van der Waals surface area contributed by atoms with E-state index in [1.165, 1.54) is 0 Å². The van der Waals surface area contributed by atoms with E-state index < -0.39 is 0 Å². The molecule has 0 amide bonds. The zero-order chi connectivity index (χ0) is 14.3. The minimum absolute atomic E-state index is 0.278. The Labute approximate surface area is 128 Å². The van der Waals surface area contributed by atoms with Gasteiger partial charge in [-0.05, 0) is 26.0 Å². The van der Waals surface area contributed by atoms with Crippen LogP contribution in [0.4, 0.5) is 0 Å². The first kappa shape index (κ1) is 16.9. The summed E-state index contributed by atoms with van der Waals surface area (Å²) in [6.45, 7) is 5.41. The molecule has 0 heterocycles. The topological polar surface area (TPSA) is 27.7 Å². The summed E-state index contributed by atoms with van der Waals surface area (Å²) in [5.74, 6) is 0.430. The van der Waals surface area contributed by atoms with Crippen molar-refractivity contribution in [1.82, 2.24) is 0 Å². The van der Waals surface area contributed by atoms with E-state index in [1.54, 1.807) is 12.1 Å². The molecule has 0 aliphatic carbocycles. The number of rotatable bonds is 8. The Hall–Kier alpha value is -0.190. The quantitative estimate of drug-likeness (QED) is 0.641. The molecule has 3 nitrogen and oxygen atoms in total. The van der Waals surface area contributed by atoms with Crippen LogP contribution in [0.3, 0.4) is 0 Å². The Morgan fingerprint density at radius 2 is 1.53 bits per heavy atom. The maximum absolute atomic E-state index is 6.02. The Morgan fingerprint density at radius 1 is 1.00 bits per heavy atom. The highest BCUT2D eigenvalue weighted by molar-refractivity contribution is 6.40. The molecule has 1 aromatic rings. The standard InChI is InChI=1S/C13H17Cl3O3/c1-3-17-12(18-4-2)5-6-19-13-10(15)7-9(14)8-11(13)16/h7-8,12H,3-6H2,1-2H3. The number of hydrogen-bond donors (Lipinski definition) is 0. The third-order valence-corrected chi connectivity index (χ3v) is 3.05. The second-order valence-corrected chi connectivity index (χ2v) is 4.93. The number of hydrogen-bond acceptors (Lipinski definition) is 3. The number of benzene rings is 1. The summed E-state index contributed by atoms with van der Waals surface area (Å²) < 4.78 is 16.4. The van der Waals surface area contributed by atoms with Crippen molar-refractivity contribution in [2.24, 2.45) is 0 Å². The second kappa shape index (κ2) is 8.88. The van der Waals surface area contributed by atoms with Crippen molar-refractivity contribution in [3.8, 4) is 5.75 Å². The third kappa shape index (κ3) is 5.76. The third-order valence-electron chi connectivity index (χ3n) is 2.27. The highest BCUT2D eigenvalue weighted by Crippen LogP contribution is 2.35. The van der Waals surface area contributed by atoms with Gasteiger partial charge in [-0.25, -0.2) is 0 Å². The molecule has 19 heavy (non-hydrogen) atoms. The molecule has 0 saturated carbocycles. The summed E-state index contributed by atoms with van der Waals surface area (Å²) in [6, 6.07) is 3.18. The number of halogens is 3. The summed E-state index contributed by atoms with van der Waals surface area (Å²) in [5, 5.41) is 1.26. The Balaban J connectivity index is 2.52. The highest BCUT2D eigenvalue weighted by Gasteiger charge is 2.12. The van der Waals surface area contributed by atoms with Crippen molar-refractivity contribution >= 4 is 34.8 Å². The Bertz CT molecular complexity index is 370. The fourth-order valence-electron chi connectivity index (χ4n) is 1.51. The van der Waals surface area contributed by atoms with E-state index in [9.17, 15) is 0 Å². The van der Waals surface area contributed by atoms with Gasteiger partial charge in [0.25, 0.3) is 0 Å². The summed E-state index contributed by atoms with van der Waals surface area (Å²) >= 11 is 17.9. The van der Waals surface area contributed by atoms with E-state index in [1.807, 2.05) is 13.8 Å². The van der Waals surface area contributed by atoms with Gasteiger partial charge in [-0.3, -0.25) is 0 Å². The van der Waals surface area contributed by atoms with Gasteiger partial charge in [-0.2, -0.15) is 0 Å². The van der Waals surface area contributed by atoms with Gasteiger partial charge in [0, 0.05) is 24.7 Å². The van der Waals surface area contributed by atoms with Crippen LogP contribution >= 0.6 is 34.8 Å². The van der Waals surface area contributed by atoms with Crippen molar-refractivity contribution in [3.63, 3.8) is 0 Å². The van der Waals surface area contributed by atoms with Gasteiger partial charge in [0.05, 0.1) is 16.7 Å². The van der Waals surface area contributed by atoms with Crippen LogP contribution in [-0.2, 0) is 9.47 Å².